The molecule has 2 aromatic rings. The molecule has 0 radical (unpaired) electrons. The molecule has 1 aromatic carbocycles. The Balaban J connectivity index is 1.95. The van der Waals surface area contributed by atoms with E-state index in [4.69, 9.17) is 4.52 Å². The van der Waals surface area contributed by atoms with Crippen molar-refractivity contribution < 1.29 is 12.9 Å². The monoisotopic (exact) mass is 281 g/mol. The maximum Gasteiger partial charge on any atom is 0.245 e. The summed E-state index contributed by atoms with van der Waals surface area (Å²) in [6, 6.07) is 7.88. The van der Waals surface area contributed by atoms with Gasteiger partial charge in [0.15, 0.2) is 15.7 Å². The summed E-state index contributed by atoms with van der Waals surface area (Å²) in [5, 5.41) is 6.74. The first kappa shape index (κ1) is 13.5. The number of benzene rings is 1. The molecule has 0 amide bonds. The van der Waals surface area contributed by atoms with E-state index in [1.165, 1.54) is 5.56 Å². The second-order valence-corrected chi connectivity index (χ2v) is 6.53. The number of anilines is 1. The number of sulfone groups is 1. The molecule has 0 bridgehead atoms. The number of aromatic nitrogens is 2. The molecule has 6 nitrogen and oxygen atoms in total. The van der Waals surface area contributed by atoms with Crippen molar-refractivity contribution in [1.82, 2.24) is 10.1 Å². The maximum absolute atomic E-state index is 11.1. The van der Waals surface area contributed by atoms with Gasteiger partial charge in [0.25, 0.3) is 0 Å². The Morgan fingerprint density at radius 2 is 1.95 bits per heavy atom. The summed E-state index contributed by atoms with van der Waals surface area (Å²) in [5.41, 5.74) is 2.12. The minimum absolute atomic E-state index is 0.184. The number of hydrogen-bond acceptors (Lipinski definition) is 6. The van der Waals surface area contributed by atoms with E-state index in [9.17, 15) is 8.42 Å². The SMILES string of the molecule is Cc1ccc(NCc2nc(CS(C)(=O)=O)no2)cc1. The van der Waals surface area contributed by atoms with Crippen LogP contribution in [0.25, 0.3) is 0 Å². The van der Waals surface area contributed by atoms with E-state index in [0.29, 0.717) is 12.4 Å². The molecule has 7 heteroatoms. The molecule has 0 saturated heterocycles. The predicted octanol–water partition coefficient (Wildman–Crippen LogP) is 1.53. The molecular weight excluding hydrogens is 266 g/mol. The molecule has 2 rings (SSSR count). The zero-order valence-electron chi connectivity index (χ0n) is 10.8. The minimum Gasteiger partial charge on any atom is -0.376 e. The molecule has 19 heavy (non-hydrogen) atoms. The van der Waals surface area contributed by atoms with Gasteiger partial charge in [-0.25, -0.2) is 8.42 Å². The molecule has 1 heterocycles. The number of nitrogens with one attached hydrogen (secondary N) is 1. The van der Waals surface area contributed by atoms with Crippen LogP contribution >= 0.6 is 0 Å². The van der Waals surface area contributed by atoms with Crippen molar-refractivity contribution in [1.29, 1.82) is 0 Å². The molecule has 0 atom stereocenters. The van der Waals surface area contributed by atoms with E-state index >= 15 is 0 Å². The van der Waals surface area contributed by atoms with E-state index in [1.54, 1.807) is 0 Å². The molecule has 0 aliphatic carbocycles. The van der Waals surface area contributed by atoms with Gasteiger partial charge < -0.3 is 9.84 Å². The van der Waals surface area contributed by atoms with Gasteiger partial charge in [0.05, 0.1) is 6.54 Å². The Morgan fingerprint density at radius 3 is 2.58 bits per heavy atom. The van der Waals surface area contributed by atoms with Crippen molar-refractivity contribution in [2.45, 2.75) is 19.2 Å². The van der Waals surface area contributed by atoms with Gasteiger partial charge in [-0.1, -0.05) is 22.9 Å². The van der Waals surface area contributed by atoms with Crippen molar-refractivity contribution >= 4 is 15.5 Å². The Bertz CT molecular complexity index is 647. The van der Waals surface area contributed by atoms with E-state index in [0.717, 1.165) is 11.9 Å². The van der Waals surface area contributed by atoms with Crippen LogP contribution in [0.5, 0.6) is 0 Å². The molecule has 0 saturated carbocycles. The number of nitrogens with zero attached hydrogens (tertiary/aromatic N) is 2. The van der Waals surface area contributed by atoms with Gasteiger partial charge in [-0.15, -0.1) is 0 Å². The molecule has 0 unspecified atom stereocenters. The fourth-order valence-corrected chi connectivity index (χ4v) is 2.09. The summed E-state index contributed by atoms with van der Waals surface area (Å²) in [5.74, 6) is 0.337. The summed E-state index contributed by atoms with van der Waals surface area (Å²) < 4.78 is 27.1. The Labute approximate surface area is 111 Å². The van der Waals surface area contributed by atoms with Crippen molar-refractivity contribution in [2.24, 2.45) is 0 Å². The molecule has 0 fully saturated rings. The number of aryl methyl sites for hydroxylation is 1. The topological polar surface area (TPSA) is 85.1 Å². The van der Waals surface area contributed by atoms with Gasteiger partial charge in [0, 0.05) is 11.9 Å². The van der Waals surface area contributed by atoms with Crippen molar-refractivity contribution in [3.8, 4) is 0 Å². The average Bonchev–Trinajstić information content (AvgIpc) is 2.73. The standard InChI is InChI=1S/C12H15N3O3S/c1-9-3-5-10(6-4-9)13-7-12-14-11(15-18-12)8-19(2,16)17/h3-6,13H,7-8H2,1-2H3. The minimum atomic E-state index is -3.14. The first-order valence-electron chi connectivity index (χ1n) is 5.72. The van der Waals surface area contributed by atoms with Crippen LogP contribution in [-0.4, -0.2) is 24.8 Å². The lowest BCUT2D eigenvalue weighted by atomic mass is 10.2. The number of rotatable bonds is 5. The van der Waals surface area contributed by atoms with E-state index in [-0.39, 0.29) is 11.6 Å². The van der Waals surface area contributed by atoms with Gasteiger partial charge in [0.1, 0.15) is 5.75 Å². The molecular formula is C12H15N3O3S. The van der Waals surface area contributed by atoms with Crippen molar-refractivity contribution in [2.75, 3.05) is 11.6 Å². The lowest BCUT2D eigenvalue weighted by Crippen LogP contribution is -2.03. The average molecular weight is 281 g/mol. The zero-order chi connectivity index (χ0) is 13.9. The third-order valence-corrected chi connectivity index (χ3v) is 3.18. The normalized spacial score (nSPS) is 11.5. The summed E-state index contributed by atoms with van der Waals surface area (Å²) >= 11 is 0. The highest BCUT2D eigenvalue weighted by Gasteiger charge is 2.11. The van der Waals surface area contributed by atoms with Crippen LogP contribution < -0.4 is 5.32 Å². The molecule has 0 spiro atoms. The molecule has 102 valence electrons. The Morgan fingerprint density at radius 1 is 1.26 bits per heavy atom. The highest BCUT2D eigenvalue weighted by molar-refractivity contribution is 7.89. The highest BCUT2D eigenvalue weighted by atomic mass is 32.2. The number of hydrogen-bond donors (Lipinski definition) is 1. The third-order valence-electron chi connectivity index (χ3n) is 2.40. The fourth-order valence-electron chi connectivity index (χ4n) is 1.50. The van der Waals surface area contributed by atoms with Gasteiger partial charge in [-0.2, -0.15) is 4.98 Å². The summed E-state index contributed by atoms with van der Waals surface area (Å²) in [4.78, 5) is 4.01. The summed E-state index contributed by atoms with van der Waals surface area (Å²) in [6.45, 7) is 2.37. The van der Waals surface area contributed by atoms with Gasteiger partial charge >= 0.3 is 0 Å². The molecule has 0 aliphatic heterocycles. The quantitative estimate of drug-likeness (QED) is 0.894. The van der Waals surface area contributed by atoms with E-state index in [2.05, 4.69) is 15.5 Å². The van der Waals surface area contributed by atoms with Crippen LogP contribution in [0.1, 0.15) is 17.3 Å². The van der Waals surface area contributed by atoms with Crippen LogP contribution in [0.15, 0.2) is 28.8 Å². The first-order valence-corrected chi connectivity index (χ1v) is 7.78. The zero-order valence-corrected chi connectivity index (χ0v) is 11.6. The Kier molecular flexibility index (Phi) is 3.84. The van der Waals surface area contributed by atoms with Crippen LogP contribution in [0.2, 0.25) is 0 Å². The van der Waals surface area contributed by atoms with Crippen LogP contribution in [0.4, 0.5) is 5.69 Å². The largest absolute Gasteiger partial charge is 0.376 e. The Hall–Kier alpha value is -1.89. The fraction of sp³-hybridized carbons (Fsp3) is 0.333. The lowest BCUT2D eigenvalue weighted by Gasteiger charge is -2.02. The van der Waals surface area contributed by atoms with Crippen LogP contribution in [0, 0.1) is 6.92 Å². The van der Waals surface area contributed by atoms with Crippen molar-refractivity contribution in [3.63, 3.8) is 0 Å². The summed E-state index contributed by atoms with van der Waals surface area (Å²) in [7, 11) is -3.14. The van der Waals surface area contributed by atoms with Crippen LogP contribution in [-0.2, 0) is 22.1 Å². The predicted molar refractivity (Wildman–Crippen MR) is 71.4 cm³/mol. The van der Waals surface area contributed by atoms with Gasteiger partial charge in [-0.05, 0) is 19.1 Å². The second kappa shape index (κ2) is 5.40. The molecule has 1 aromatic heterocycles. The van der Waals surface area contributed by atoms with E-state index in [1.807, 2.05) is 31.2 Å². The smallest absolute Gasteiger partial charge is 0.245 e. The van der Waals surface area contributed by atoms with Crippen molar-refractivity contribution in [3.05, 3.63) is 41.5 Å². The highest BCUT2D eigenvalue weighted by Crippen LogP contribution is 2.10. The van der Waals surface area contributed by atoms with Gasteiger partial charge in [0.2, 0.25) is 5.89 Å². The lowest BCUT2D eigenvalue weighted by molar-refractivity contribution is 0.379. The van der Waals surface area contributed by atoms with E-state index < -0.39 is 9.84 Å². The third kappa shape index (κ3) is 4.36. The second-order valence-electron chi connectivity index (χ2n) is 4.39. The van der Waals surface area contributed by atoms with Gasteiger partial charge in [-0.3, -0.25) is 0 Å². The maximum atomic E-state index is 11.1. The summed E-state index contributed by atoms with van der Waals surface area (Å²) in [6.07, 6.45) is 1.13. The molecule has 1 N–H and O–H groups in total. The first-order chi connectivity index (χ1) is 8.92. The molecule has 0 aliphatic rings. The van der Waals surface area contributed by atoms with Crippen LogP contribution in [0.3, 0.4) is 0 Å².